The molecule has 0 radical (unpaired) electrons. The molecule has 1 aliphatic carbocycles. The van der Waals surface area contributed by atoms with Crippen LogP contribution in [-0.4, -0.2) is 23.4 Å². The second-order valence-corrected chi connectivity index (χ2v) is 8.23. The van der Waals surface area contributed by atoms with Gasteiger partial charge in [0.1, 0.15) is 5.75 Å². The molecule has 1 N–H and O–H groups in total. The van der Waals surface area contributed by atoms with E-state index in [9.17, 15) is 5.11 Å². The van der Waals surface area contributed by atoms with Crippen LogP contribution in [0.25, 0.3) is 0 Å². The van der Waals surface area contributed by atoms with Crippen LogP contribution in [0.1, 0.15) is 65.4 Å². The first kappa shape index (κ1) is 16.8. The van der Waals surface area contributed by atoms with Gasteiger partial charge in [0.2, 0.25) is 0 Å². The Balaban J connectivity index is 1.78. The van der Waals surface area contributed by atoms with E-state index >= 15 is 0 Å². The first-order valence-corrected chi connectivity index (χ1v) is 8.95. The highest BCUT2D eigenvalue weighted by atomic mass is 16.7. The van der Waals surface area contributed by atoms with Gasteiger partial charge in [0.15, 0.2) is 0 Å². The normalized spacial score (nSPS) is 24.1. The van der Waals surface area contributed by atoms with Crippen molar-refractivity contribution in [1.29, 1.82) is 0 Å². The number of hydrogen-bond acceptors (Lipinski definition) is 3. The fourth-order valence-corrected chi connectivity index (χ4v) is 3.66. The molecule has 1 saturated carbocycles. The van der Waals surface area contributed by atoms with Crippen molar-refractivity contribution in [1.82, 2.24) is 0 Å². The Labute approximate surface area is 140 Å². The highest BCUT2D eigenvalue weighted by Gasteiger charge is 2.51. The van der Waals surface area contributed by atoms with Gasteiger partial charge in [0, 0.05) is 0 Å². The minimum atomic E-state index is -0.405. The Morgan fingerprint density at radius 1 is 1.00 bits per heavy atom. The van der Waals surface area contributed by atoms with Gasteiger partial charge < -0.3 is 14.4 Å². The number of phenols is 1. The Hall–Kier alpha value is -0.995. The molecule has 0 spiro atoms. The van der Waals surface area contributed by atoms with Crippen molar-refractivity contribution in [2.45, 2.75) is 77.4 Å². The molecule has 0 atom stereocenters. The smallest absolute Gasteiger partial charge is 0.494 e. The molecule has 0 bridgehead atoms. The van der Waals surface area contributed by atoms with E-state index < -0.39 is 7.12 Å². The first-order chi connectivity index (χ1) is 10.8. The summed E-state index contributed by atoms with van der Waals surface area (Å²) in [5.74, 6) is 1.06. The average molecular weight is 316 g/mol. The number of hydrogen-bond donors (Lipinski definition) is 1. The minimum absolute atomic E-state index is 0.308. The van der Waals surface area contributed by atoms with E-state index in [1.165, 1.54) is 37.7 Å². The van der Waals surface area contributed by atoms with Crippen molar-refractivity contribution in [3.8, 4) is 5.75 Å². The van der Waals surface area contributed by atoms with Crippen LogP contribution in [0.2, 0.25) is 0 Å². The molecule has 1 aromatic carbocycles. The lowest BCUT2D eigenvalue weighted by molar-refractivity contribution is 0.00578. The summed E-state index contributed by atoms with van der Waals surface area (Å²) in [6.07, 6.45) is 7.71. The summed E-state index contributed by atoms with van der Waals surface area (Å²) >= 11 is 0. The van der Waals surface area contributed by atoms with Gasteiger partial charge in [-0.3, -0.25) is 0 Å². The molecule has 3 rings (SSSR count). The summed E-state index contributed by atoms with van der Waals surface area (Å²) in [6.45, 7) is 8.22. The molecule has 0 amide bonds. The highest BCUT2D eigenvalue weighted by molar-refractivity contribution is 6.62. The Morgan fingerprint density at radius 2 is 1.61 bits per heavy atom. The molecular formula is C19H29BO3. The molecular weight excluding hydrogens is 287 g/mol. The van der Waals surface area contributed by atoms with Gasteiger partial charge in [-0.2, -0.15) is 0 Å². The lowest BCUT2D eigenvalue weighted by atomic mass is 9.77. The minimum Gasteiger partial charge on any atom is -0.508 e. The predicted octanol–water partition coefficient (Wildman–Crippen LogP) is 3.81. The Bertz CT molecular complexity index is 546. The maximum atomic E-state index is 10.1. The third-order valence-corrected chi connectivity index (χ3v) is 5.77. The lowest BCUT2D eigenvalue weighted by Gasteiger charge is -2.32. The summed E-state index contributed by atoms with van der Waals surface area (Å²) in [5.41, 5.74) is 1.41. The standard InChI is InChI=1S/C19H29BO3/c1-18(2)19(3,4)23-20(22-18)16-11-15(12-17(21)13-16)10-14-8-6-5-7-9-14/h11-14,21H,5-10H2,1-4H3. The van der Waals surface area contributed by atoms with E-state index in [4.69, 9.17) is 9.31 Å². The van der Waals surface area contributed by atoms with Gasteiger partial charge in [-0.25, -0.2) is 0 Å². The molecule has 4 heteroatoms. The molecule has 23 heavy (non-hydrogen) atoms. The van der Waals surface area contributed by atoms with E-state index in [-0.39, 0.29) is 11.2 Å². The number of aromatic hydroxyl groups is 1. The summed E-state index contributed by atoms with van der Waals surface area (Å²) in [5, 5.41) is 10.1. The van der Waals surface area contributed by atoms with Gasteiger partial charge in [-0.15, -0.1) is 0 Å². The Kier molecular flexibility index (Phi) is 4.50. The fraction of sp³-hybridized carbons (Fsp3) is 0.684. The van der Waals surface area contributed by atoms with Crippen molar-refractivity contribution in [3.63, 3.8) is 0 Å². The Morgan fingerprint density at radius 3 is 2.22 bits per heavy atom. The maximum absolute atomic E-state index is 10.1. The predicted molar refractivity (Wildman–Crippen MR) is 94.1 cm³/mol. The van der Waals surface area contributed by atoms with Crippen molar-refractivity contribution in [2.75, 3.05) is 0 Å². The van der Waals surface area contributed by atoms with E-state index in [0.717, 1.165) is 17.8 Å². The van der Waals surface area contributed by atoms with E-state index in [0.29, 0.717) is 5.75 Å². The zero-order valence-electron chi connectivity index (χ0n) is 14.9. The van der Waals surface area contributed by atoms with Crippen LogP contribution in [0.3, 0.4) is 0 Å². The van der Waals surface area contributed by atoms with Gasteiger partial charge in [-0.05, 0) is 63.2 Å². The van der Waals surface area contributed by atoms with Crippen LogP contribution in [-0.2, 0) is 15.7 Å². The van der Waals surface area contributed by atoms with E-state index in [1.807, 2.05) is 6.07 Å². The number of rotatable bonds is 3. The quantitative estimate of drug-likeness (QED) is 0.862. The van der Waals surface area contributed by atoms with E-state index in [1.54, 1.807) is 6.07 Å². The van der Waals surface area contributed by atoms with Crippen LogP contribution in [0, 0.1) is 5.92 Å². The van der Waals surface area contributed by atoms with Crippen molar-refractivity contribution in [2.24, 2.45) is 5.92 Å². The lowest BCUT2D eigenvalue weighted by Crippen LogP contribution is -2.41. The molecule has 2 aliphatic rings. The van der Waals surface area contributed by atoms with Gasteiger partial charge in [0.05, 0.1) is 11.2 Å². The van der Waals surface area contributed by atoms with Crippen LogP contribution in [0.15, 0.2) is 18.2 Å². The van der Waals surface area contributed by atoms with Crippen LogP contribution < -0.4 is 5.46 Å². The molecule has 126 valence electrons. The zero-order chi connectivity index (χ0) is 16.7. The van der Waals surface area contributed by atoms with Gasteiger partial charge >= 0.3 is 7.12 Å². The number of phenolic OH excluding ortho intramolecular Hbond substituents is 1. The molecule has 1 saturated heterocycles. The molecule has 1 aromatic rings. The average Bonchev–Trinajstić information content (AvgIpc) is 2.68. The number of benzene rings is 1. The largest absolute Gasteiger partial charge is 0.508 e. The molecule has 0 unspecified atom stereocenters. The second kappa shape index (κ2) is 6.14. The summed E-state index contributed by atoms with van der Waals surface area (Å²) in [4.78, 5) is 0. The highest BCUT2D eigenvalue weighted by Crippen LogP contribution is 2.37. The van der Waals surface area contributed by atoms with Crippen molar-refractivity contribution in [3.05, 3.63) is 23.8 Å². The topological polar surface area (TPSA) is 38.7 Å². The molecule has 3 nitrogen and oxygen atoms in total. The summed E-state index contributed by atoms with van der Waals surface area (Å²) in [6, 6.07) is 5.81. The fourth-order valence-electron chi connectivity index (χ4n) is 3.66. The van der Waals surface area contributed by atoms with Crippen LogP contribution >= 0.6 is 0 Å². The monoisotopic (exact) mass is 316 g/mol. The molecule has 2 fully saturated rings. The van der Waals surface area contributed by atoms with Crippen LogP contribution in [0.4, 0.5) is 0 Å². The first-order valence-electron chi connectivity index (χ1n) is 8.95. The second-order valence-electron chi connectivity index (χ2n) is 8.23. The molecule has 1 heterocycles. The third-order valence-electron chi connectivity index (χ3n) is 5.77. The molecule has 0 aromatic heterocycles. The zero-order valence-corrected chi connectivity index (χ0v) is 14.9. The van der Waals surface area contributed by atoms with Crippen molar-refractivity contribution >= 4 is 12.6 Å². The van der Waals surface area contributed by atoms with Crippen LogP contribution in [0.5, 0.6) is 5.75 Å². The summed E-state index contributed by atoms with van der Waals surface area (Å²) in [7, 11) is -0.405. The molecule has 1 aliphatic heterocycles. The SMILES string of the molecule is CC1(C)OB(c2cc(O)cc(CC3CCCCC3)c2)OC1(C)C. The van der Waals surface area contributed by atoms with Gasteiger partial charge in [0.25, 0.3) is 0 Å². The maximum Gasteiger partial charge on any atom is 0.494 e. The summed E-state index contributed by atoms with van der Waals surface area (Å²) < 4.78 is 12.2. The van der Waals surface area contributed by atoms with Crippen molar-refractivity contribution < 1.29 is 14.4 Å². The van der Waals surface area contributed by atoms with Gasteiger partial charge in [-0.1, -0.05) is 38.2 Å². The van der Waals surface area contributed by atoms with E-state index in [2.05, 4.69) is 33.8 Å². The third kappa shape index (κ3) is 3.58.